The normalized spacial score (nSPS) is 12.6. The summed E-state index contributed by atoms with van der Waals surface area (Å²) in [5.41, 5.74) is 3.66. The Morgan fingerprint density at radius 2 is 2.00 bits per heavy atom. The van der Waals surface area contributed by atoms with Crippen molar-refractivity contribution >= 4 is 23.2 Å². The van der Waals surface area contributed by atoms with Crippen LogP contribution in [0.5, 0.6) is 0 Å². The van der Waals surface area contributed by atoms with Gasteiger partial charge < -0.3 is 0 Å². The quantitative estimate of drug-likeness (QED) is 0.652. The van der Waals surface area contributed by atoms with Crippen molar-refractivity contribution in [3.05, 3.63) is 46.0 Å². The number of nitrogens with zero attached hydrogens (tertiary/aromatic N) is 3. The average Bonchev–Trinajstić information content (AvgIpc) is 2.78. The molecule has 1 atom stereocenters. The second-order valence-electron chi connectivity index (χ2n) is 4.27. The molecule has 3 N–H and O–H groups in total. The molecule has 2 rings (SSSR count). The molecule has 102 valence electrons. The lowest BCUT2D eigenvalue weighted by atomic mass is 10.0. The van der Waals surface area contributed by atoms with E-state index in [1.807, 2.05) is 25.2 Å². The molecule has 0 saturated carbocycles. The van der Waals surface area contributed by atoms with Crippen molar-refractivity contribution in [2.45, 2.75) is 18.9 Å². The summed E-state index contributed by atoms with van der Waals surface area (Å²) in [6, 6.07) is 5.44. The second-order valence-corrected chi connectivity index (χ2v) is 5.09. The Hall–Kier alpha value is -1.14. The van der Waals surface area contributed by atoms with Gasteiger partial charge in [0.15, 0.2) is 0 Å². The van der Waals surface area contributed by atoms with Gasteiger partial charge in [0.05, 0.1) is 0 Å². The first kappa shape index (κ1) is 14.3. The van der Waals surface area contributed by atoms with E-state index >= 15 is 0 Å². The van der Waals surface area contributed by atoms with Gasteiger partial charge in [0, 0.05) is 29.6 Å². The van der Waals surface area contributed by atoms with Gasteiger partial charge >= 0.3 is 0 Å². The number of halogens is 2. The predicted octanol–water partition coefficient (Wildman–Crippen LogP) is 1.74. The molecule has 0 aliphatic carbocycles. The summed E-state index contributed by atoms with van der Waals surface area (Å²) in [6.07, 6.45) is 2.79. The minimum Gasteiger partial charge on any atom is -0.271 e. The summed E-state index contributed by atoms with van der Waals surface area (Å²) in [6.45, 7) is 0. The molecule has 0 aliphatic heterocycles. The zero-order valence-corrected chi connectivity index (χ0v) is 12.0. The third-order valence-electron chi connectivity index (χ3n) is 2.98. The Morgan fingerprint density at radius 3 is 2.53 bits per heavy atom. The molecular formula is C12H15Cl2N5. The summed E-state index contributed by atoms with van der Waals surface area (Å²) in [4.78, 5) is 4.18. The molecule has 0 radical (unpaired) electrons. The maximum absolute atomic E-state index is 6.16. The third-order valence-corrected chi connectivity index (χ3v) is 3.69. The van der Waals surface area contributed by atoms with E-state index < -0.39 is 0 Å². The standard InChI is InChI=1S/C12H15Cl2N5/c1-19-12(16-7-17-19)6-8(18-15)5-9-10(13)3-2-4-11(9)14/h2-4,7-8,18H,5-6,15H2,1H3. The molecule has 0 bridgehead atoms. The van der Waals surface area contributed by atoms with Crippen LogP contribution in [0, 0.1) is 0 Å². The van der Waals surface area contributed by atoms with Crippen LogP contribution in [-0.4, -0.2) is 20.8 Å². The van der Waals surface area contributed by atoms with Crippen LogP contribution < -0.4 is 11.3 Å². The predicted molar refractivity (Wildman–Crippen MR) is 76.0 cm³/mol. The molecule has 5 nitrogen and oxygen atoms in total. The van der Waals surface area contributed by atoms with Crippen molar-refractivity contribution in [2.75, 3.05) is 0 Å². The Labute approximate surface area is 121 Å². The van der Waals surface area contributed by atoms with Crippen LogP contribution in [0.25, 0.3) is 0 Å². The zero-order valence-electron chi connectivity index (χ0n) is 10.5. The molecule has 0 saturated heterocycles. The van der Waals surface area contributed by atoms with E-state index in [9.17, 15) is 0 Å². The highest BCUT2D eigenvalue weighted by atomic mass is 35.5. The minimum absolute atomic E-state index is 0.0136. The van der Waals surface area contributed by atoms with E-state index in [0.717, 1.165) is 11.4 Å². The number of aryl methyl sites for hydroxylation is 1. The van der Waals surface area contributed by atoms with Gasteiger partial charge in [-0.1, -0.05) is 29.3 Å². The van der Waals surface area contributed by atoms with Crippen molar-refractivity contribution in [3.63, 3.8) is 0 Å². The number of hydrazine groups is 1. The first-order valence-corrected chi connectivity index (χ1v) is 6.59. The smallest absolute Gasteiger partial charge is 0.138 e. The SMILES string of the molecule is Cn1ncnc1CC(Cc1c(Cl)cccc1Cl)NN. The Balaban J connectivity index is 2.13. The first-order valence-electron chi connectivity index (χ1n) is 5.83. The van der Waals surface area contributed by atoms with E-state index in [1.54, 1.807) is 4.68 Å². The molecule has 0 spiro atoms. The van der Waals surface area contributed by atoms with Crippen LogP contribution in [-0.2, 0) is 19.9 Å². The molecule has 0 amide bonds. The van der Waals surface area contributed by atoms with E-state index in [1.165, 1.54) is 6.33 Å². The van der Waals surface area contributed by atoms with Gasteiger partial charge in [0.25, 0.3) is 0 Å². The molecule has 0 aliphatic rings. The van der Waals surface area contributed by atoms with Crippen molar-refractivity contribution in [1.82, 2.24) is 20.2 Å². The van der Waals surface area contributed by atoms with Crippen molar-refractivity contribution in [1.29, 1.82) is 0 Å². The molecule has 1 heterocycles. The molecule has 1 aromatic heterocycles. The number of hydrogen-bond donors (Lipinski definition) is 2. The fourth-order valence-corrected chi connectivity index (χ4v) is 2.44. The van der Waals surface area contributed by atoms with E-state index in [0.29, 0.717) is 22.9 Å². The van der Waals surface area contributed by atoms with Crippen LogP contribution in [0.3, 0.4) is 0 Å². The summed E-state index contributed by atoms with van der Waals surface area (Å²) in [7, 11) is 1.85. The largest absolute Gasteiger partial charge is 0.271 e. The van der Waals surface area contributed by atoms with Crippen LogP contribution >= 0.6 is 23.2 Å². The van der Waals surface area contributed by atoms with Gasteiger partial charge in [-0.05, 0) is 24.1 Å². The van der Waals surface area contributed by atoms with E-state index in [2.05, 4.69) is 15.5 Å². The van der Waals surface area contributed by atoms with Crippen LogP contribution in [0.4, 0.5) is 0 Å². The summed E-state index contributed by atoms with van der Waals surface area (Å²) < 4.78 is 1.72. The summed E-state index contributed by atoms with van der Waals surface area (Å²) in [5, 5.41) is 5.32. The lowest BCUT2D eigenvalue weighted by molar-refractivity contribution is 0.499. The average molecular weight is 300 g/mol. The maximum atomic E-state index is 6.16. The molecular weight excluding hydrogens is 285 g/mol. The Morgan fingerprint density at radius 1 is 1.32 bits per heavy atom. The van der Waals surface area contributed by atoms with E-state index in [4.69, 9.17) is 29.0 Å². The summed E-state index contributed by atoms with van der Waals surface area (Å²) in [5.74, 6) is 6.45. The van der Waals surface area contributed by atoms with Gasteiger partial charge in [-0.3, -0.25) is 16.0 Å². The van der Waals surface area contributed by atoms with Crippen molar-refractivity contribution in [2.24, 2.45) is 12.9 Å². The Kier molecular flexibility index (Phi) is 4.76. The molecule has 0 fully saturated rings. The topological polar surface area (TPSA) is 68.8 Å². The van der Waals surface area contributed by atoms with Crippen LogP contribution in [0.15, 0.2) is 24.5 Å². The minimum atomic E-state index is -0.0136. The monoisotopic (exact) mass is 299 g/mol. The van der Waals surface area contributed by atoms with Gasteiger partial charge in [-0.25, -0.2) is 4.98 Å². The highest BCUT2D eigenvalue weighted by molar-refractivity contribution is 6.36. The van der Waals surface area contributed by atoms with E-state index in [-0.39, 0.29) is 6.04 Å². The van der Waals surface area contributed by atoms with Gasteiger partial charge in [0.2, 0.25) is 0 Å². The molecule has 7 heteroatoms. The fourth-order valence-electron chi connectivity index (χ4n) is 1.89. The number of nitrogens with one attached hydrogen (secondary N) is 1. The zero-order chi connectivity index (χ0) is 13.8. The highest BCUT2D eigenvalue weighted by Crippen LogP contribution is 2.25. The number of nitrogens with two attached hydrogens (primary N) is 1. The Bertz CT molecular complexity index is 535. The fraction of sp³-hybridized carbons (Fsp3) is 0.333. The first-order chi connectivity index (χ1) is 9.11. The number of rotatable bonds is 5. The molecule has 2 aromatic rings. The van der Waals surface area contributed by atoms with Crippen molar-refractivity contribution < 1.29 is 0 Å². The number of benzene rings is 1. The molecule has 1 unspecified atom stereocenters. The molecule has 19 heavy (non-hydrogen) atoms. The number of hydrogen-bond acceptors (Lipinski definition) is 4. The van der Waals surface area contributed by atoms with Gasteiger partial charge in [-0.2, -0.15) is 5.10 Å². The lowest BCUT2D eigenvalue weighted by Gasteiger charge is -2.17. The van der Waals surface area contributed by atoms with Gasteiger partial charge in [-0.15, -0.1) is 0 Å². The summed E-state index contributed by atoms with van der Waals surface area (Å²) >= 11 is 12.3. The maximum Gasteiger partial charge on any atom is 0.138 e. The second kappa shape index (κ2) is 6.34. The van der Waals surface area contributed by atoms with Crippen LogP contribution in [0.2, 0.25) is 10.0 Å². The number of aromatic nitrogens is 3. The molecule has 1 aromatic carbocycles. The van der Waals surface area contributed by atoms with Crippen molar-refractivity contribution in [3.8, 4) is 0 Å². The van der Waals surface area contributed by atoms with Crippen LogP contribution in [0.1, 0.15) is 11.4 Å². The van der Waals surface area contributed by atoms with Gasteiger partial charge in [0.1, 0.15) is 12.2 Å². The lowest BCUT2D eigenvalue weighted by Crippen LogP contribution is -2.39. The third kappa shape index (κ3) is 3.45. The highest BCUT2D eigenvalue weighted by Gasteiger charge is 2.15.